The minimum atomic E-state index is -0.257. The molecule has 0 aromatic heterocycles. The van der Waals surface area contributed by atoms with Gasteiger partial charge in [0.1, 0.15) is 6.61 Å². The maximum absolute atomic E-state index is 11.7. The average Bonchev–Trinajstić information content (AvgIpc) is 2.53. The predicted octanol–water partition coefficient (Wildman–Crippen LogP) is 4.16. The summed E-state index contributed by atoms with van der Waals surface area (Å²) >= 11 is 4.81. The Morgan fingerprint density at radius 3 is 2.43 bits per heavy atom. The first-order valence-corrected chi connectivity index (χ1v) is 7.98. The summed E-state index contributed by atoms with van der Waals surface area (Å²) < 4.78 is 6.20. The number of hydrogen-bond donors (Lipinski definition) is 0. The van der Waals surface area contributed by atoms with Gasteiger partial charge in [-0.1, -0.05) is 28.1 Å². The Morgan fingerprint density at radius 1 is 1.14 bits per heavy atom. The number of benzene rings is 2. The Balaban J connectivity index is 1.76. The average molecular weight is 362 g/mol. The van der Waals surface area contributed by atoms with E-state index in [2.05, 4.69) is 15.9 Å². The Bertz CT molecular complexity index is 647. The lowest BCUT2D eigenvalue weighted by Gasteiger charge is -2.05. The summed E-state index contributed by atoms with van der Waals surface area (Å²) in [6.45, 7) is 0.228. The molecular formula is C16H12BrNO2S. The molecule has 0 bridgehead atoms. The van der Waals surface area contributed by atoms with Crippen LogP contribution in [-0.2, 0) is 16.1 Å². The number of nitrogens with zero attached hydrogens (tertiary/aromatic N) is 1. The zero-order valence-electron chi connectivity index (χ0n) is 11.1. The highest BCUT2D eigenvalue weighted by molar-refractivity contribution is 9.10. The molecule has 0 N–H and O–H groups in total. The van der Waals surface area contributed by atoms with Gasteiger partial charge in [-0.25, -0.2) is 0 Å². The third-order valence-corrected chi connectivity index (χ3v) is 4.17. The molecule has 0 atom stereocenters. The maximum atomic E-state index is 11.7. The van der Waals surface area contributed by atoms with Crippen LogP contribution in [0.25, 0.3) is 0 Å². The van der Waals surface area contributed by atoms with Crippen LogP contribution in [0.2, 0.25) is 0 Å². The van der Waals surface area contributed by atoms with Gasteiger partial charge < -0.3 is 4.74 Å². The van der Waals surface area contributed by atoms with E-state index < -0.39 is 0 Å². The normalized spacial score (nSPS) is 9.90. The number of hydrogen-bond acceptors (Lipinski definition) is 4. The highest BCUT2D eigenvalue weighted by atomic mass is 79.9. The van der Waals surface area contributed by atoms with Crippen molar-refractivity contribution in [1.29, 1.82) is 5.26 Å². The molecule has 5 heteroatoms. The van der Waals surface area contributed by atoms with Crippen molar-refractivity contribution in [3.8, 4) is 6.07 Å². The maximum Gasteiger partial charge on any atom is 0.316 e. The Labute approximate surface area is 136 Å². The Hall–Kier alpha value is -1.77. The summed E-state index contributed by atoms with van der Waals surface area (Å²) in [6.07, 6.45) is 0. The number of halogens is 1. The largest absolute Gasteiger partial charge is 0.460 e. The molecule has 2 rings (SSSR count). The van der Waals surface area contributed by atoms with Gasteiger partial charge in [-0.3, -0.25) is 4.79 Å². The summed E-state index contributed by atoms with van der Waals surface area (Å²) in [5.74, 6) is 0.0186. The van der Waals surface area contributed by atoms with Crippen molar-refractivity contribution in [2.75, 3.05) is 5.75 Å². The molecule has 0 saturated heterocycles. The second-order valence-electron chi connectivity index (χ2n) is 4.21. The van der Waals surface area contributed by atoms with E-state index in [1.165, 1.54) is 11.8 Å². The SMILES string of the molecule is N#Cc1ccc(COC(=O)CSc2ccc(Br)cc2)cc1. The van der Waals surface area contributed by atoms with Crippen LogP contribution in [0, 0.1) is 11.3 Å². The van der Waals surface area contributed by atoms with E-state index in [4.69, 9.17) is 10.00 Å². The van der Waals surface area contributed by atoms with Crippen molar-refractivity contribution in [2.24, 2.45) is 0 Å². The molecule has 0 spiro atoms. The molecule has 21 heavy (non-hydrogen) atoms. The molecule has 0 aliphatic carbocycles. The predicted molar refractivity (Wildman–Crippen MR) is 85.8 cm³/mol. The Kier molecular flexibility index (Phi) is 5.85. The summed E-state index contributed by atoms with van der Waals surface area (Å²) in [6, 6.07) is 16.8. The van der Waals surface area contributed by atoms with Crippen molar-refractivity contribution in [1.82, 2.24) is 0 Å². The quantitative estimate of drug-likeness (QED) is 0.592. The van der Waals surface area contributed by atoms with Gasteiger partial charge in [0.15, 0.2) is 0 Å². The molecule has 0 aliphatic rings. The van der Waals surface area contributed by atoms with Gasteiger partial charge in [0.2, 0.25) is 0 Å². The number of rotatable bonds is 5. The molecule has 0 fully saturated rings. The third-order valence-electron chi connectivity index (χ3n) is 2.65. The highest BCUT2D eigenvalue weighted by Gasteiger charge is 2.05. The van der Waals surface area contributed by atoms with Gasteiger partial charge >= 0.3 is 5.97 Å². The minimum absolute atomic E-state index is 0.228. The molecule has 0 saturated carbocycles. The molecule has 0 amide bonds. The van der Waals surface area contributed by atoms with Crippen LogP contribution in [0.3, 0.4) is 0 Å². The standard InChI is InChI=1S/C16H12BrNO2S/c17-14-5-7-15(8-6-14)21-11-16(19)20-10-13-3-1-12(9-18)2-4-13/h1-8H,10-11H2. The minimum Gasteiger partial charge on any atom is -0.460 e. The van der Waals surface area contributed by atoms with Gasteiger partial charge in [0, 0.05) is 9.37 Å². The number of ether oxygens (including phenoxy) is 1. The van der Waals surface area contributed by atoms with Gasteiger partial charge in [0.05, 0.1) is 17.4 Å². The van der Waals surface area contributed by atoms with Crippen LogP contribution < -0.4 is 0 Å². The smallest absolute Gasteiger partial charge is 0.316 e. The molecule has 106 valence electrons. The molecule has 2 aromatic carbocycles. The van der Waals surface area contributed by atoms with E-state index in [0.717, 1.165) is 14.9 Å². The molecular weight excluding hydrogens is 350 g/mol. The van der Waals surface area contributed by atoms with Crippen molar-refractivity contribution < 1.29 is 9.53 Å². The number of carbonyl (C=O) groups is 1. The zero-order valence-corrected chi connectivity index (χ0v) is 13.5. The van der Waals surface area contributed by atoms with E-state index in [0.29, 0.717) is 5.56 Å². The van der Waals surface area contributed by atoms with Gasteiger partial charge in [-0.2, -0.15) is 5.26 Å². The van der Waals surface area contributed by atoms with E-state index in [1.54, 1.807) is 24.3 Å². The fourth-order valence-electron chi connectivity index (χ4n) is 1.55. The third kappa shape index (κ3) is 5.25. The molecule has 2 aromatic rings. The summed E-state index contributed by atoms with van der Waals surface area (Å²) in [7, 11) is 0. The summed E-state index contributed by atoms with van der Waals surface area (Å²) in [5, 5.41) is 8.70. The first-order valence-electron chi connectivity index (χ1n) is 6.20. The molecule has 0 unspecified atom stereocenters. The summed E-state index contributed by atoms with van der Waals surface area (Å²) in [5.41, 5.74) is 1.46. The first kappa shape index (κ1) is 15.6. The zero-order chi connectivity index (χ0) is 15.1. The van der Waals surface area contributed by atoms with Crippen LogP contribution in [0.4, 0.5) is 0 Å². The van der Waals surface area contributed by atoms with Crippen LogP contribution in [0.15, 0.2) is 57.9 Å². The van der Waals surface area contributed by atoms with E-state index in [-0.39, 0.29) is 18.3 Å². The van der Waals surface area contributed by atoms with Crippen LogP contribution >= 0.6 is 27.7 Å². The number of nitriles is 1. The molecule has 0 radical (unpaired) electrons. The van der Waals surface area contributed by atoms with Crippen molar-refractivity contribution in [3.05, 3.63) is 64.1 Å². The Morgan fingerprint density at radius 2 is 1.81 bits per heavy atom. The topological polar surface area (TPSA) is 50.1 Å². The van der Waals surface area contributed by atoms with Crippen molar-refractivity contribution in [2.45, 2.75) is 11.5 Å². The fourth-order valence-corrected chi connectivity index (χ4v) is 2.51. The lowest BCUT2D eigenvalue weighted by Crippen LogP contribution is -2.07. The second kappa shape index (κ2) is 7.87. The highest BCUT2D eigenvalue weighted by Crippen LogP contribution is 2.20. The fraction of sp³-hybridized carbons (Fsp3) is 0.125. The monoisotopic (exact) mass is 361 g/mol. The van der Waals surface area contributed by atoms with Crippen molar-refractivity contribution >= 4 is 33.7 Å². The first-order chi connectivity index (χ1) is 10.2. The van der Waals surface area contributed by atoms with E-state index in [1.807, 2.05) is 30.3 Å². The molecule has 0 heterocycles. The number of carbonyl (C=O) groups excluding carboxylic acids is 1. The molecule has 0 aliphatic heterocycles. The number of esters is 1. The lowest BCUT2D eigenvalue weighted by molar-refractivity contribution is -0.141. The van der Waals surface area contributed by atoms with E-state index >= 15 is 0 Å². The van der Waals surface area contributed by atoms with Crippen LogP contribution in [0.5, 0.6) is 0 Å². The van der Waals surface area contributed by atoms with Crippen LogP contribution in [0.1, 0.15) is 11.1 Å². The van der Waals surface area contributed by atoms with Gasteiger partial charge in [0.25, 0.3) is 0 Å². The van der Waals surface area contributed by atoms with Gasteiger partial charge in [-0.15, -0.1) is 11.8 Å². The molecule has 3 nitrogen and oxygen atoms in total. The summed E-state index contributed by atoms with van der Waals surface area (Å²) in [4.78, 5) is 12.7. The lowest BCUT2D eigenvalue weighted by atomic mass is 10.2. The van der Waals surface area contributed by atoms with Crippen molar-refractivity contribution in [3.63, 3.8) is 0 Å². The van der Waals surface area contributed by atoms with E-state index in [9.17, 15) is 4.79 Å². The van der Waals surface area contributed by atoms with Gasteiger partial charge in [-0.05, 0) is 42.0 Å². The second-order valence-corrected chi connectivity index (χ2v) is 6.18. The number of thioether (sulfide) groups is 1. The van der Waals surface area contributed by atoms with Crippen LogP contribution in [-0.4, -0.2) is 11.7 Å².